The largest absolute Gasteiger partial charge is 0.471 e. The van der Waals surface area contributed by atoms with E-state index in [1.54, 1.807) is 17.3 Å². The second-order valence-corrected chi connectivity index (χ2v) is 12.6. The molecule has 1 unspecified atom stereocenters. The Morgan fingerprint density at radius 1 is 1.18 bits per heavy atom. The molecular formula is C28H34BrN5O4. The fourth-order valence-electron chi connectivity index (χ4n) is 5.51. The van der Waals surface area contributed by atoms with E-state index in [-0.39, 0.29) is 23.8 Å². The van der Waals surface area contributed by atoms with Crippen molar-refractivity contribution in [2.45, 2.75) is 77.2 Å². The van der Waals surface area contributed by atoms with E-state index in [4.69, 9.17) is 24.3 Å². The number of hydrogen-bond acceptors (Lipinski definition) is 7. The van der Waals surface area contributed by atoms with Gasteiger partial charge in [-0.25, -0.2) is 14.5 Å². The van der Waals surface area contributed by atoms with E-state index in [2.05, 4.69) is 27.0 Å². The molecular weight excluding hydrogens is 550 g/mol. The van der Waals surface area contributed by atoms with Crippen molar-refractivity contribution in [3.63, 3.8) is 0 Å². The smallest absolute Gasteiger partial charge is 0.410 e. The van der Waals surface area contributed by atoms with Crippen LogP contribution in [0.25, 0.3) is 22.3 Å². The first-order valence-electron chi connectivity index (χ1n) is 13.5. The van der Waals surface area contributed by atoms with Gasteiger partial charge in [-0.05, 0) is 77.5 Å². The summed E-state index contributed by atoms with van der Waals surface area (Å²) in [4.78, 5) is 24.0. The van der Waals surface area contributed by atoms with Gasteiger partial charge in [0.05, 0.1) is 30.1 Å². The molecule has 4 heterocycles. The van der Waals surface area contributed by atoms with Crippen LogP contribution >= 0.6 is 15.9 Å². The molecule has 3 aliphatic rings. The summed E-state index contributed by atoms with van der Waals surface area (Å²) >= 11 is 3.61. The zero-order valence-electron chi connectivity index (χ0n) is 22.2. The molecule has 1 amide bonds. The molecule has 6 rings (SSSR count). The Labute approximate surface area is 231 Å². The molecule has 2 aromatic heterocycles. The quantitative estimate of drug-likeness (QED) is 0.365. The van der Waals surface area contributed by atoms with Gasteiger partial charge in [0.15, 0.2) is 6.23 Å². The number of carbonyl (C=O) groups is 1. The van der Waals surface area contributed by atoms with Gasteiger partial charge in [0, 0.05) is 28.4 Å². The lowest BCUT2D eigenvalue weighted by Gasteiger charge is -2.39. The number of rotatable bonds is 4. The third-order valence-corrected chi connectivity index (χ3v) is 8.19. The lowest BCUT2D eigenvalue weighted by molar-refractivity contribution is -0.0380. The average molecular weight is 585 g/mol. The van der Waals surface area contributed by atoms with Crippen LogP contribution in [0.2, 0.25) is 0 Å². The molecule has 1 spiro atoms. The summed E-state index contributed by atoms with van der Waals surface area (Å²) in [6.45, 7) is 7.54. The summed E-state index contributed by atoms with van der Waals surface area (Å²) in [5, 5.41) is 5.87. The first-order chi connectivity index (χ1) is 18.2. The van der Waals surface area contributed by atoms with Crippen LogP contribution in [-0.4, -0.2) is 62.1 Å². The average Bonchev–Trinajstić information content (AvgIpc) is 3.56. The molecule has 2 saturated heterocycles. The van der Waals surface area contributed by atoms with E-state index < -0.39 is 5.60 Å². The Kier molecular flexibility index (Phi) is 6.58. The number of piperidine rings is 1. The highest BCUT2D eigenvalue weighted by atomic mass is 79.9. The lowest BCUT2D eigenvalue weighted by Crippen LogP contribution is -2.51. The van der Waals surface area contributed by atoms with E-state index in [1.807, 2.05) is 37.6 Å². The summed E-state index contributed by atoms with van der Waals surface area (Å²) in [7, 11) is 0. The van der Waals surface area contributed by atoms with Crippen molar-refractivity contribution < 1.29 is 19.0 Å². The highest BCUT2D eigenvalue weighted by Gasteiger charge is 2.54. The number of benzene rings is 1. The van der Waals surface area contributed by atoms with Crippen LogP contribution in [0.5, 0.6) is 5.88 Å². The van der Waals surface area contributed by atoms with Crippen molar-refractivity contribution in [2.75, 3.05) is 19.7 Å². The van der Waals surface area contributed by atoms with Crippen molar-refractivity contribution in [1.29, 1.82) is 0 Å². The summed E-state index contributed by atoms with van der Waals surface area (Å²) in [5.41, 5.74) is 1.98. The SMILES string of the molecule is CC(C)(C)OC(=O)N1CCC2(CC2)[C@@H](Oc2cncc(-c3c4cc(Br)ccc4nn3C3CCCCO3)n2)C1. The van der Waals surface area contributed by atoms with Crippen LogP contribution in [0.3, 0.4) is 0 Å². The molecule has 2 atom stereocenters. The molecule has 0 bridgehead atoms. The Hall–Kier alpha value is -2.72. The highest BCUT2D eigenvalue weighted by molar-refractivity contribution is 9.10. The minimum absolute atomic E-state index is 0.0888. The van der Waals surface area contributed by atoms with Gasteiger partial charge in [-0.1, -0.05) is 15.9 Å². The molecule has 3 fully saturated rings. The molecule has 0 radical (unpaired) electrons. The van der Waals surface area contributed by atoms with Crippen LogP contribution in [0.1, 0.15) is 65.5 Å². The second kappa shape index (κ2) is 9.79. The van der Waals surface area contributed by atoms with E-state index in [0.717, 1.165) is 66.2 Å². The van der Waals surface area contributed by atoms with Gasteiger partial charge in [0.25, 0.3) is 0 Å². The van der Waals surface area contributed by atoms with E-state index in [9.17, 15) is 4.79 Å². The summed E-state index contributed by atoms with van der Waals surface area (Å²) in [6.07, 6.45) is 8.95. The number of halogens is 1. The van der Waals surface area contributed by atoms with Gasteiger partial charge in [-0.15, -0.1) is 0 Å². The maximum atomic E-state index is 12.8. The normalized spacial score (nSPS) is 23.0. The van der Waals surface area contributed by atoms with Crippen molar-refractivity contribution in [1.82, 2.24) is 24.6 Å². The van der Waals surface area contributed by atoms with E-state index in [1.165, 1.54) is 0 Å². The highest BCUT2D eigenvalue weighted by Crippen LogP contribution is 2.55. The van der Waals surface area contributed by atoms with Crippen LogP contribution < -0.4 is 4.74 Å². The van der Waals surface area contributed by atoms with Crippen LogP contribution in [-0.2, 0) is 9.47 Å². The first kappa shape index (κ1) is 25.6. The second-order valence-electron chi connectivity index (χ2n) is 11.7. The Bertz CT molecular complexity index is 1340. The van der Waals surface area contributed by atoms with Gasteiger partial charge < -0.3 is 19.1 Å². The molecule has 202 valence electrons. The van der Waals surface area contributed by atoms with E-state index >= 15 is 0 Å². The monoisotopic (exact) mass is 583 g/mol. The van der Waals surface area contributed by atoms with Crippen LogP contribution in [0.4, 0.5) is 4.79 Å². The molecule has 38 heavy (non-hydrogen) atoms. The number of ether oxygens (including phenoxy) is 3. The minimum atomic E-state index is -0.537. The van der Waals surface area contributed by atoms with Gasteiger partial charge >= 0.3 is 6.09 Å². The Morgan fingerprint density at radius 2 is 2.03 bits per heavy atom. The fourth-order valence-corrected chi connectivity index (χ4v) is 5.87. The van der Waals surface area contributed by atoms with Crippen molar-refractivity contribution in [3.8, 4) is 17.3 Å². The molecule has 2 aliphatic heterocycles. The van der Waals surface area contributed by atoms with Gasteiger partial charge in [0.2, 0.25) is 5.88 Å². The number of fused-ring (bicyclic) bond motifs is 1. The Balaban J connectivity index is 1.30. The summed E-state index contributed by atoms with van der Waals surface area (Å²) in [6, 6.07) is 6.05. The maximum absolute atomic E-state index is 12.8. The standard InChI is InChI=1S/C28H34BrN5O4/c1-27(2,3)38-26(35)33-12-11-28(9-10-28)22(17-33)37-23-16-30-15-21(31-23)25-19-14-18(29)7-8-20(19)32-34(25)24-6-4-5-13-36-24/h7-8,14-16,22,24H,4-6,9-13,17H2,1-3H3/t22-,24?/m0/s1. The number of hydrogen-bond donors (Lipinski definition) is 0. The van der Waals surface area contributed by atoms with Gasteiger partial charge in [0.1, 0.15) is 17.4 Å². The molecule has 1 aliphatic carbocycles. The Morgan fingerprint density at radius 3 is 2.76 bits per heavy atom. The number of amides is 1. The minimum Gasteiger partial charge on any atom is -0.471 e. The van der Waals surface area contributed by atoms with Crippen molar-refractivity contribution in [2.24, 2.45) is 5.41 Å². The molecule has 3 aromatic rings. The number of carbonyl (C=O) groups excluding carboxylic acids is 1. The third kappa shape index (κ3) is 5.12. The van der Waals surface area contributed by atoms with Gasteiger partial charge in [-0.2, -0.15) is 5.10 Å². The fraction of sp³-hybridized carbons (Fsp3) is 0.571. The third-order valence-electron chi connectivity index (χ3n) is 7.70. The summed E-state index contributed by atoms with van der Waals surface area (Å²) in [5.74, 6) is 0.449. The predicted molar refractivity (Wildman–Crippen MR) is 146 cm³/mol. The predicted octanol–water partition coefficient (Wildman–Crippen LogP) is 6.12. The van der Waals surface area contributed by atoms with Crippen LogP contribution in [0, 0.1) is 5.41 Å². The lowest BCUT2D eigenvalue weighted by atomic mass is 9.90. The first-order valence-corrected chi connectivity index (χ1v) is 14.3. The summed E-state index contributed by atoms with van der Waals surface area (Å²) < 4.78 is 21.2. The maximum Gasteiger partial charge on any atom is 0.410 e. The zero-order chi connectivity index (χ0) is 26.5. The molecule has 1 aromatic carbocycles. The number of aromatic nitrogens is 4. The number of nitrogens with zero attached hydrogens (tertiary/aromatic N) is 5. The molecule has 1 saturated carbocycles. The van der Waals surface area contributed by atoms with Crippen LogP contribution in [0.15, 0.2) is 35.1 Å². The number of likely N-dealkylation sites (tertiary alicyclic amines) is 1. The zero-order valence-corrected chi connectivity index (χ0v) is 23.7. The topological polar surface area (TPSA) is 91.6 Å². The van der Waals surface area contributed by atoms with Gasteiger partial charge in [-0.3, -0.25) is 4.98 Å². The van der Waals surface area contributed by atoms with Crippen molar-refractivity contribution in [3.05, 3.63) is 35.1 Å². The molecule has 9 nitrogen and oxygen atoms in total. The molecule has 0 N–H and O–H groups in total. The molecule has 10 heteroatoms. The van der Waals surface area contributed by atoms with E-state index in [0.29, 0.717) is 24.7 Å². The van der Waals surface area contributed by atoms with Crippen molar-refractivity contribution >= 4 is 32.9 Å².